The molecule has 1 N–H and O–H groups in total. The summed E-state index contributed by atoms with van der Waals surface area (Å²) in [6, 6.07) is 2.66. The quantitative estimate of drug-likeness (QED) is 0.810. The van der Waals surface area contributed by atoms with E-state index in [4.69, 9.17) is 11.6 Å². The molecule has 0 aromatic carbocycles. The summed E-state index contributed by atoms with van der Waals surface area (Å²) in [5.74, 6) is 0. The van der Waals surface area contributed by atoms with Gasteiger partial charge in [0.1, 0.15) is 0 Å². The maximum absolute atomic E-state index is 6.02. The van der Waals surface area contributed by atoms with E-state index in [-0.39, 0.29) is 0 Å². The van der Waals surface area contributed by atoms with Crippen LogP contribution in [0.4, 0.5) is 0 Å². The van der Waals surface area contributed by atoms with Gasteiger partial charge in [-0.15, -0.1) is 11.3 Å². The van der Waals surface area contributed by atoms with E-state index in [1.807, 2.05) is 0 Å². The van der Waals surface area contributed by atoms with Crippen LogP contribution in [0.15, 0.2) is 6.07 Å². The van der Waals surface area contributed by atoms with Gasteiger partial charge in [-0.2, -0.15) is 0 Å². The molecule has 1 heterocycles. The summed E-state index contributed by atoms with van der Waals surface area (Å²) in [6.07, 6.45) is 1.12. The summed E-state index contributed by atoms with van der Waals surface area (Å²) in [7, 11) is 0. The Morgan fingerprint density at radius 2 is 2.23 bits per heavy atom. The molecule has 1 unspecified atom stereocenters. The zero-order chi connectivity index (χ0) is 9.84. The highest BCUT2D eigenvalue weighted by Crippen LogP contribution is 2.32. The molecule has 1 atom stereocenters. The number of nitrogens with one attached hydrogen (secondary N) is 1. The molecule has 0 aliphatic carbocycles. The Balaban J connectivity index is 2.78. The minimum absolute atomic E-state index is 0.473. The van der Waals surface area contributed by atoms with E-state index in [0.717, 1.165) is 17.3 Å². The van der Waals surface area contributed by atoms with Crippen molar-refractivity contribution in [1.29, 1.82) is 0 Å². The molecule has 0 saturated carbocycles. The second-order valence-corrected chi connectivity index (χ2v) is 4.81. The van der Waals surface area contributed by atoms with Gasteiger partial charge in [0.2, 0.25) is 0 Å². The lowest BCUT2D eigenvalue weighted by Gasteiger charge is -2.13. The van der Waals surface area contributed by atoms with Gasteiger partial charge in [-0.1, -0.05) is 25.4 Å². The minimum Gasteiger partial charge on any atom is -0.310 e. The van der Waals surface area contributed by atoms with Crippen LogP contribution in [-0.4, -0.2) is 6.54 Å². The fourth-order valence-electron chi connectivity index (χ4n) is 1.35. The normalized spacial score (nSPS) is 13.2. The van der Waals surface area contributed by atoms with Gasteiger partial charge in [0.15, 0.2) is 0 Å². The Morgan fingerprint density at radius 1 is 1.54 bits per heavy atom. The third-order valence-corrected chi connectivity index (χ3v) is 3.75. The van der Waals surface area contributed by atoms with Crippen LogP contribution < -0.4 is 5.32 Å². The summed E-state index contributed by atoms with van der Waals surface area (Å²) < 4.78 is 0.923. The third kappa shape index (κ3) is 2.70. The number of hydrogen-bond acceptors (Lipinski definition) is 2. The molecule has 0 aliphatic heterocycles. The molecule has 0 amide bonds. The fraction of sp³-hybridized carbons (Fsp3) is 0.600. The molecule has 1 rings (SSSR count). The van der Waals surface area contributed by atoms with Crippen LogP contribution >= 0.6 is 22.9 Å². The lowest BCUT2D eigenvalue weighted by molar-refractivity contribution is 0.545. The monoisotopic (exact) mass is 217 g/mol. The molecule has 1 aromatic rings. The summed E-state index contributed by atoms with van der Waals surface area (Å²) in [6.45, 7) is 7.38. The molecule has 74 valence electrons. The molecule has 1 aromatic heterocycles. The Bertz CT molecular complexity index is 250. The molecule has 0 bridgehead atoms. The standard InChI is InChI=1S/C10H16ClNS/c1-4-8(12-5-2)9-6-7(3)10(11)13-9/h6,8,12H,4-5H2,1-3H3. The first-order valence-electron chi connectivity index (χ1n) is 4.68. The van der Waals surface area contributed by atoms with E-state index in [0.29, 0.717) is 6.04 Å². The second kappa shape index (κ2) is 4.99. The molecular formula is C10H16ClNS. The molecule has 3 heteroatoms. The predicted molar refractivity (Wildman–Crippen MR) is 60.8 cm³/mol. The maximum Gasteiger partial charge on any atom is 0.0960 e. The van der Waals surface area contributed by atoms with Crippen molar-refractivity contribution >= 4 is 22.9 Å². The molecule has 0 saturated heterocycles. The first-order valence-corrected chi connectivity index (χ1v) is 5.87. The number of rotatable bonds is 4. The SMILES string of the molecule is CCNC(CC)c1cc(C)c(Cl)s1. The lowest BCUT2D eigenvalue weighted by atomic mass is 10.2. The van der Waals surface area contributed by atoms with E-state index in [1.165, 1.54) is 10.4 Å². The highest BCUT2D eigenvalue weighted by molar-refractivity contribution is 7.16. The zero-order valence-corrected chi connectivity index (χ0v) is 9.93. The van der Waals surface area contributed by atoms with Crippen molar-refractivity contribution in [1.82, 2.24) is 5.32 Å². The first-order chi connectivity index (χ1) is 6.19. The molecule has 0 aliphatic rings. The summed E-state index contributed by atoms with van der Waals surface area (Å²) in [5, 5.41) is 3.44. The lowest BCUT2D eigenvalue weighted by Crippen LogP contribution is -2.18. The summed E-state index contributed by atoms with van der Waals surface area (Å²) >= 11 is 7.71. The molecule has 0 fully saturated rings. The van der Waals surface area contributed by atoms with Crippen molar-refractivity contribution in [3.05, 3.63) is 20.8 Å². The van der Waals surface area contributed by atoms with Gasteiger partial charge in [-0.25, -0.2) is 0 Å². The van der Waals surface area contributed by atoms with Crippen molar-refractivity contribution in [3.63, 3.8) is 0 Å². The Kier molecular flexibility index (Phi) is 4.23. The third-order valence-electron chi connectivity index (χ3n) is 2.08. The van der Waals surface area contributed by atoms with Crippen LogP contribution in [0, 0.1) is 6.92 Å². The average Bonchev–Trinajstić information content (AvgIpc) is 2.43. The summed E-state index contributed by atoms with van der Waals surface area (Å²) in [5.41, 5.74) is 1.19. The van der Waals surface area contributed by atoms with Crippen molar-refractivity contribution in [2.45, 2.75) is 33.2 Å². The van der Waals surface area contributed by atoms with E-state index in [2.05, 4.69) is 32.2 Å². The average molecular weight is 218 g/mol. The Hall–Kier alpha value is -0.0500. The highest BCUT2D eigenvalue weighted by atomic mass is 35.5. The van der Waals surface area contributed by atoms with Gasteiger partial charge >= 0.3 is 0 Å². The molecule has 1 nitrogen and oxygen atoms in total. The van der Waals surface area contributed by atoms with Crippen LogP contribution in [0.3, 0.4) is 0 Å². The van der Waals surface area contributed by atoms with Crippen molar-refractivity contribution in [2.75, 3.05) is 6.54 Å². The largest absolute Gasteiger partial charge is 0.310 e. The van der Waals surface area contributed by atoms with Crippen LogP contribution in [0.5, 0.6) is 0 Å². The molecular weight excluding hydrogens is 202 g/mol. The zero-order valence-electron chi connectivity index (χ0n) is 8.36. The van der Waals surface area contributed by atoms with E-state index in [9.17, 15) is 0 Å². The van der Waals surface area contributed by atoms with Gasteiger partial charge in [-0.05, 0) is 31.5 Å². The van der Waals surface area contributed by atoms with Gasteiger partial charge in [0.25, 0.3) is 0 Å². The maximum atomic E-state index is 6.02. The number of thiophene rings is 1. The Morgan fingerprint density at radius 3 is 2.62 bits per heavy atom. The number of hydrogen-bond donors (Lipinski definition) is 1. The minimum atomic E-state index is 0.473. The van der Waals surface area contributed by atoms with Crippen LogP contribution in [0.25, 0.3) is 0 Å². The van der Waals surface area contributed by atoms with Crippen LogP contribution in [0.1, 0.15) is 36.8 Å². The van der Waals surface area contributed by atoms with Crippen LogP contribution in [-0.2, 0) is 0 Å². The highest BCUT2D eigenvalue weighted by Gasteiger charge is 2.11. The molecule has 13 heavy (non-hydrogen) atoms. The van der Waals surface area contributed by atoms with Gasteiger partial charge < -0.3 is 5.32 Å². The molecule has 0 spiro atoms. The van der Waals surface area contributed by atoms with Crippen molar-refractivity contribution in [2.24, 2.45) is 0 Å². The number of halogens is 1. The van der Waals surface area contributed by atoms with Crippen molar-refractivity contribution < 1.29 is 0 Å². The fourth-order valence-corrected chi connectivity index (χ4v) is 2.72. The van der Waals surface area contributed by atoms with Gasteiger partial charge in [0.05, 0.1) is 4.34 Å². The van der Waals surface area contributed by atoms with Gasteiger partial charge in [0, 0.05) is 10.9 Å². The topological polar surface area (TPSA) is 12.0 Å². The van der Waals surface area contributed by atoms with Crippen LogP contribution in [0.2, 0.25) is 4.34 Å². The van der Waals surface area contributed by atoms with E-state index in [1.54, 1.807) is 11.3 Å². The summed E-state index contributed by atoms with van der Waals surface area (Å²) in [4.78, 5) is 1.35. The number of aryl methyl sites for hydroxylation is 1. The van der Waals surface area contributed by atoms with E-state index < -0.39 is 0 Å². The molecule has 0 radical (unpaired) electrons. The van der Waals surface area contributed by atoms with Crippen molar-refractivity contribution in [3.8, 4) is 0 Å². The first kappa shape index (κ1) is 11.0. The smallest absolute Gasteiger partial charge is 0.0960 e. The van der Waals surface area contributed by atoms with E-state index >= 15 is 0 Å². The van der Waals surface area contributed by atoms with Gasteiger partial charge in [-0.3, -0.25) is 0 Å². The second-order valence-electron chi connectivity index (χ2n) is 3.12. The predicted octanol–water partition coefficient (Wildman–Crippen LogP) is 3.77. The Labute approximate surface area is 89.1 Å².